The highest BCUT2D eigenvalue weighted by Crippen LogP contribution is 2.28. The number of nitrogens with zero attached hydrogens (tertiary/aromatic N) is 2. The summed E-state index contributed by atoms with van der Waals surface area (Å²) in [6.45, 7) is 3.36. The Morgan fingerprint density at radius 1 is 1.00 bits per heavy atom. The molecule has 7 nitrogen and oxygen atoms in total. The zero-order valence-electron chi connectivity index (χ0n) is 19.2. The van der Waals surface area contributed by atoms with E-state index in [4.69, 9.17) is 4.55 Å². The molecule has 1 aliphatic rings. The first-order valence-corrected chi connectivity index (χ1v) is 15.8. The van der Waals surface area contributed by atoms with Gasteiger partial charge in [0, 0.05) is 18.8 Å². The van der Waals surface area contributed by atoms with E-state index in [1.807, 2.05) is 11.0 Å². The first-order valence-electron chi connectivity index (χ1n) is 11.6. The van der Waals surface area contributed by atoms with Crippen LogP contribution in [0.25, 0.3) is 0 Å². The van der Waals surface area contributed by atoms with Crippen molar-refractivity contribution < 1.29 is 21.4 Å². The van der Waals surface area contributed by atoms with E-state index in [-0.39, 0.29) is 22.8 Å². The third kappa shape index (κ3) is 12.9. The van der Waals surface area contributed by atoms with E-state index in [1.165, 1.54) is 56.4 Å². The number of hydrogen-bond donors (Lipinski definition) is 1. The second kappa shape index (κ2) is 15.8. The smallest absolute Gasteiger partial charge is 0.264 e. The molecule has 0 aromatic carbocycles. The SMILES string of the molecule is CCCCCCCCCCCCS(=O)(=O)/C(C#N)=C\C=C1/SCCN1CCCS(=O)(=O)O. The van der Waals surface area contributed by atoms with Crippen LogP contribution in [0, 0.1) is 11.3 Å². The van der Waals surface area contributed by atoms with E-state index in [1.54, 1.807) is 6.08 Å². The third-order valence-corrected chi connectivity index (χ3v) is 8.95. The minimum atomic E-state index is -3.99. The molecule has 0 saturated carbocycles. The number of nitriles is 1. The third-order valence-electron chi connectivity index (χ3n) is 5.34. The summed E-state index contributed by atoms with van der Waals surface area (Å²) >= 11 is 1.53. The van der Waals surface area contributed by atoms with Gasteiger partial charge in [-0.15, -0.1) is 11.8 Å². The van der Waals surface area contributed by atoms with Crippen LogP contribution in [0.3, 0.4) is 0 Å². The number of allylic oxidation sites excluding steroid dienone is 3. The summed E-state index contributed by atoms with van der Waals surface area (Å²) in [5.41, 5.74) is 0. The van der Waals surface area contributed by atoms with Gasteiger partial charge in [-0.05, 0) is 25.0 Å². The van der Waals surface area contributed by atoms with E-state index in [0.717, 1.165) is 30.0 Å². The Morgan fingerprint density at radius 2 is 1.59 bits per heavy atom. The van der Waals surface area contributed by atoms with Gasteiger partial charge in [0.05, 0.1) is 16.5 Å². The standard InChI is InChI=1S/C22H38N2O5S3/c1-2-3-4-5-6-7-8-9-10-11-18-31(25,26)21(20-23)13-14-22-24(16-17-30-22)15-12-19-32(27,28)29/h13-14H,2-12,15-19H2,1H3,(H,27,28,29)/b21-13-,22-14-. The van der Waals surface area contributed by atoms with Gasteiger partial charge in [-0.25, -0.2) is 8.42 Å². The van der Waals surface area contributed by atoms with Gasteiger partial charge in [0.25, 0.3) is 10.1 Å². The van der Waals surface area contributed by atoms with Crippen molar-refractivity contribution >= 4 is 31.7 Å². The minimum Gasteiger partial charge on any atom is -0.365 e. The quantitative estimate of drug-likeness (QED) is 0.168. The summed E-state index contributed by atoms with van der Waals surface area (Å²) in [6.07, 6.45) is 14.4. The first kappa shape index (κ1) is 29.0. The molecule has 0 atom stereocenters. The fraction of sp³-hybridized carbons (Fsp3) is 0.773. The molecule has 1 fully saturated rings. The van der Waals surface area contributed by atoms with E-state index in [9.17, 15) is 22.1 Å². The van der Waals surface area contributed by atoms with Crippen LogP contribution in [0.15, 0.2) is 22.1 Å². The van der Waals surface area contributed by atoms with Gasteiger partial charge in [-0.1, -0.05) is 64.7 Å². The van der Waals surface area contributed by atoms with Crippen molar-refractivity contribution in [3.05, 3.63) is 22.1 Å². The Bertz CT molecular complexity index is 858. The van der Waals surface area contributed by atoms with Crippen molar-refractivity contribution in [2.75, 3.05) is 30.3 Å². The lowest BCUT2D eigenvalue weighted by atomic mass is 10.1. The van der Waals surface area contributed by atoms with Crippen LogP contribution < -0.4 is 0 Å². The molecule has 1 saturated heterocycles. The van der Waals surface area contributed by atoms with Crippen LogP contribution in [-0.2, 0) is 20.0 Å². The van der Waals surface area contributed by atoms with Crippen LogP contribution in [0.2, 0.25) is 0 Å². The molecule has 0 amide bonds. The molecular formula is C22H38N2O5S3. The van der Waals surface area contributed by atoms with Gasteiger partial charge in [0.15, 0.2) is 9.84 Å². The fourth-order valence-corrected chi connectivity index (χ4v) is 6.28. The second-order valence-corrected chi connectivity index (χ2v) is 12.9. The molecule has 1 heterocycles. The first-order chi connectivity index (χ1) is 15.2. The van der Waals surface area contributed by atoms with Gasteiger partial charge in [-0.3, -0.25) is 4.55 Å². The summed E-state index contributed by atoms with van der Waals surface area (Å²) in [5.74, 6) is 0.476. The van der Waals surface area contributed by atoms with Crippen LogP contribution >= 0.6 is 11.8 Å². The summed E-state index contributed by atoms with van der Waals surface area (Å²) in [4.78, 5) is 1.71. The van der Waals surface area contributed by atoms with E-state index in [0.29, 0.717) is 19.5 Å². The normalized spacial score (nSPS) is 16.6. The van der Waals surface area contributed by atoms with Gasteiger partial charge in [0.2, 0.25) is 0 Å². The number of unbranched alkanes of at least 4 members (excludes halogenated alkanes) is 9. The van der Waals surface area contributed by atoms with Gasteiger partial charge in [-0.2, -0.15) is 13.7 Å². The summed E-state index contributed by atoms with van der Waals surface area (Å²) in [6, 6.07) is 1.82. The highest BCUT2D eigenvalue weighted by molar-refractivity contribution is 8.03. The van der Waals surface area contributed by atoms with Crippen LogP contribution in [-0.4, -0.2) is 56.6 Å². The zero-order chi connectivity index (χ0) is 23.9. The summed E-state index contributed by atoms with van der Waals surface area (Å²) < 4.78 is 55.6. The Kier molecular flexibility index (Phi) is 14.3. The van der Waals surface area contributed by atoms with Crippen LogP contribution in [0.4, 0.5) is 0 Å². The molecule has 10 heteroatoms. The maximum absolute atomic E-state index is 12.5. The van der Waals surface area contributed by atoms with Gasteiger partial charge in [0.1, 0.15) is 11.0 Å². The monoisotopic (exact) mass is 506 g/mol. The molecule has 0 aromatic rings. The zero-order valence-corrected chi connectivity index (χ0v) is 21.6. The molecule has 1 rings (SSSR count). The molecule has 0 bridgehead atoms. The largest absolute Gasteiger partial charge is 0.365 e. The summed E-state index contributed by atoms with van der Waals surface area (Å²) in [7, 11) is -7.60. The van der Waals surface area contributed by atoms with Gasteiger partial charge < -0.3 is 4.90 Å². The predicted octanol–water partition coefficient (Wildman–Crippen LogP) is 4.90. The van der Waals surface area contributed by atoms with Crippen molar-refractivity contribution in [2.24, 2.45) is 0 Å². The van der Waals surface area contributed by atoms with Crippen molar-refractivity contribution in [3.63, 3.8) is 0 Å². The number of hydrogen-bond acceptors (Lipinski definition) is 7. The lowest BCUT2D eigenvalue weighted by molar-refractivity contribution is 0.398. The molecule has 0 spiro atoms. The lowest BCUT2D eigenvalue weighted by Crippen LogP contribution is -2.21. The molecule has 1 N–H and O–H groups in total. The number of sulfone groups is 1. The Hall–Kier alpha value is -1.02. The summed E-state index contributed by atoms with van der Waals surface area (Å²) in [5, 5.41) is 10.2. The van der Waals surface area contributed by atoms with E-state index in [2.05, 4.69) is 6.92 Å². The van der Waals surface area contributed by atoms with Crippen molar-refractivity contribution in [3.8, 4) is 6.07 Å². The molecule has 32 heavy (non-hydrogen) atoms. The average Bonchev–Trinajstić information content (AvgIpc) is 3.16. The van der Waals surface area contributed by atoms with E-state index >= 15 is 0 Å². The topological polar surface area (TPSA) is 116 Å². The highest BCUT2D eigenvalue weighted by atomic mass is 32.2. The molecule has 1 aliphatic heterocycles. The molecule has 0 aromatic heterocycles. The lowest BCUT2D eigenvalue weighted by Gasteiger charge is -2.18. The van der Waals surface area contributed by atoms with Crippen molar-refractivity contribution in [2.45, 2.75) is 77.6 Å². The van der Waals surface area contributed by atoms with E-state index < -0.39 is 20.0 Å². The Morgan fingerprint density at radius 3 is 2.16 bits per heavy atom. The Labute approximate surface area is 199 Å². The molecule has 0 unspecified atom stereocenters. The van der Waals surface area contributed by atoms with Crippen LogP contribution in [0.5, 0.6) is 0 Å². The molecule has 0 radical (unpaired) electrons. The maximum Gasteiger partial charge on any atom is 0.264 e. The second-order valence-electron chi connectivity index (χ2n) is 8.12. The minimum absolute atomic E-state index is 0.0166. The van der Waals surface area contributed by atoms with Gasteiger partial charge >= 0.3 is 0 Å². The number of rotatable bonds is 17. The fourth-order valence-electron chi connectivity index (χ4n) is 3.52. The molecular weight excluding hydrogens is 468 g/mol. The van der Waals surface area contributed by atoms with Crippen LogP contribution in [0.1, 0.15) is 77.6 Å². The predicted molar refractivity (Wildman–Crippen MR) is 132 cm³/mol. The maximum atomic E-state index is 12.5. The average molecular weight is 507 g/mol. The number of thioether (sulfide) groups is 1. The molecule has 184 valence electrons. The molecule has 0 aliphatic carbocycles. The van der Waals surface area contributed by atoms with Crippen molar-refractivity contribution in [1.29, 1.82) is 5.26 Å². The highest BCUT2D eigenvalue weighted by Gasteiger charge is 2.20. The van der Waals surface area contributed by atoms with Crippen molar-refractivity contribution in [1.82, 2.24) is 4.90 Å². The Balaban J connectivity index is 2.45.